The van der Waals surface area contributed by atoms with Crippen LogP contribution in [0, 0.1) is 13.8 Å². The molecule has 4 rings (SSSR count). The van der Waals surface area contributed by atoms with Crippen molar-refractivity contribution in [2.75, 3.05) is 11.1 Å². The summed E-state index contributed by atoms with van der Waals surface area (Å²) in [5.74, 6) is 0.827. The zero-order valence-electron chi connectivity index (χ0n) is 17.2. The van der Waals surface area contributed by atoms with Gasteiger partial charge in [0.2, 0.25) is 5.91 Å². The summed E-state index contributed by atoms with van der Waals surface area (Å²) in [6.07, 6.45) is 0. The number of halogens is 1. The first-order valence-corrected chi connectivity index (χ1v) is 11.1. The van der Waals surface area contributed by atoms with Crippen LogP contribution in [0.3, 0.4) is 0 Å². The van der Waals surface area contributed by atoms with Gasteiger partial charge in [-0.25, -0.2) is 0 Å². The molecule has 0 fully saturated rings. The highest BCUT2D eigenvalue weighted by Gasteiger charge is 2.17. The van der Waals surface area contributed by atoms with E-state index in [0.717, 1.165) is 22.5 Å². The van der Waals surface area contributed by atoms with Gasteiger partial charge >= 0.3 is 0 Å². The van der Waals surface area contributed by atoms with Crippen LogP contribution in [0.4, 0.5) is 5.69 Å². The molecule has 0 bridgehead atoms. The maximum atomic E-state index is 12.5. The lowest BCUT2D eigenvalue weighted by molar-refractivity contribution is -0.113. The van der Waals surface area contributed by atoms with Gasteiger partial charge in [-0.15, -0.1) is 10.2 Å². The number of hydrogen-bond acceptors (Lipinski definition) is 4. The van der Waals surface area contributed by atoms with Gasteiger partial charge in [0.15, 0.2) is 11.0 Å². The molecule has 0 unspecified atom stereocenters. The van der Waals surface area contributed by atoms with E-state index in [9.17, 15) is 4.79 Å². The number of nitrogens with zero attached hydrogens (tertiary/aromatic N) is 3. The van der Waals surface area contributed by atoms with Crippen molar-refractivity contribution in [2.45, 2.75) is 19.0 Å². The van der Waals surface area contributed by atoms with Gasteiger partial charge in [0.25, 0.3) is 0 Å². The third kappa shape index (κ3) is 5.16. The highest BCUT2D eigenvalue weighted by Crippen LogP contribution is 2.29. The molecule has 1 heterocycles. The average molecular weight is 449 g/mol. The minimum absolute atomic E-state index is 0.101. The Bertz CT molecular complexity index is 1190. The Labute approximate surface area is 190 Å². The summed E-state index contributed by atoms with van der Waals surface area (Å²) in [6, 6.07) is 23.3. The fraction of sp³-hybridized carbons (Fsp3) is 0.125. The first kappa shape index (κ1) is 21.2. The van der Waals surface area contributed by atoms with Crippen LogP contribution in [0.15, 0.2) is 78.0 Å². The molecule has 31 heavy (non-hydrogen) atoms. The number of hydrogen-bond donors (Lipinski definition) is 1. The number of nitrogens with one attached hydrogen (secondary N) is 1. The summed E-state index contributed by atoms with van der Waals surface area (Å²) in [7, 11) is 0. The quantitative estimate of drug-likeness (QED) is 0.371. The van der Waals surface area contributed by atoms with Gasteiger partial charge in [-0.1, -0.05) is 70.9 Å². The minimum Gasteiger partial charge on any atom is -0.325 e. The molecule has 0 aliphatic carbocycles. The molecule has 0 radical (unpaired) electrons. The first-order chi connectivity index (χ1) is 15.0. The van der Waals surface area contributed by atoms with E-state index in [1.165, 1.54) is 17.3 Å². The van der Waals surface area contributed by atoms with E-state index in [4.69, 9.17) is 11.6 Å². The lowest BCUT2D eigenvalue weighted by Crippen LogP contribution is -2.14. The van der Waals surface area contributed by atoms with Crippen LogP contribution in [0.1, 0.15) is 11.1 Å². The smallest absolute Gasteiger partial charge is 0.234 e. The molecule has 0 spiro atoms. The van der Waals surface area contributed by atoms with E-state index < -0.39 is 0 Å². The summed E-state index contributed by atoms with van der Waals surface area (Å²) in [6.45, 7) is 4.05. The van der Waals surface area contributed by atoms with Gasteiger partial charge in [0.05, 0.1) is 5.75 Å². The van der Waals surface area contributed by atoms with Crippen LogP contribution in [0.2, 0.25) is 5.02 Å². The molecule has 0 aliphatic heterocycles. The van der Waals surface area contributed by atoms with Crippen LogP contribution in [0.25, 0.3) is 17.1 Å². The standard InChI is InChI=1S/C24H21ClN4OS/c1-16-3-7-18(8-4-16)23-27-28-24(29(23)21-13-9-19(25)10-14-21)31-15-22(30)26-20-11-5-17(2)6-12-20/h3-14H,15H2,1-2H3,(H,26,30). The van der Waals surface area contributed by atoms with Crippen molar-refractivity contribution in [2.24, 2.45) is 0 Å². The van der Waals surface area contributed by atoms with E-state index in [1.807, 2.05) is 91.2 Å². The third-order valence-electron chi connectivity index (χ3n) is 4.70. The largest absolute Gasteiger partial charge is 0.325 e. The van der Waals surface area contributed by atoms with Gasteiger partial charge in [0, 0.05) is 22.0 Å². The van der Waals surface area contributed by atoms with E-state index in [-0.39, 0.29) is 11.7 Å². The van der Waals surface area contributed by atoms with Crippen molar-refractivity contribution in [1.82, 2.24) is 14.8 Å². The minimum atomic E-state index is -0.101. The molecule has 0 aliphatic rings. The number of carbonyl (C=O) groups excluding carboxylic acids is 1. The number of aromatic nitrogens is 3. The molecule has 1 N–H and O–H groups in total. The normalized spacial score (nSPS) is 10.8. The molecule has 156 valence electrons. The molecule has 0 saturated carbocycles. The Morgan fingerprint density at radius 2 is 1.52 bits per heavy atom. The van der Waals surface area contributed by atoms with Crippen LogP contribution in [-0.4, -0.2) is 26.4 Å². The van der Waals surface area contributed by atoms with E-state index in [0.29, 0.717) is 16.0 Å². The molecule has 0 atom stereocenters. The summed E-state index contributed by atoms with van der Waals surface area (Å²) >= 11 is 7.42. The number of thioether (sulfide) groups is 1. The van der Waals surface area contributed by atoms with Crippen molar-refractivity contribution in [1.29, 1.82) is 0 Å². The molecule has 7 heteroatoms. The first-order valence-electron chi connectivity index (χ1n) is 9.77. The molecule has 1 aromatic heterocycles. The Morgan fingerprint density at radius 3 is 2.16 bits per heavy atom. The third-order valence-corrected chi connectivity index (χ3v) is 5.88. The van der Waals surface area contributed by atoms with E-state index in [1.54, 1.807) is 0 Å². The highest BCUT2D eigenvalue weighted by atomic mass is 35.5. The van der Waals surface area contributed by atoms with Crippen molar-refractivity contribution in [3.8, 4) is 17.1 Å². The fourth-order valence-electron chi connectivity index (χ4n) is 3.04. The molecule has 3 aromatic carbocycles. The second kappa shape index (κ2) is 9.37. The van der Waals surface area contributed by atoms with Crippen LogP contribution in [0.5, 0.6) is 0 Å². The van der Waals surface area contributed by atoms with Crippen molar-refractivity contribution in [3.05, 3.63) is 88.9 Å². The fourth-order valence-corrected chi connectivity index (χ4v) is 3.92. The lowest BCUT2D eigenvalue weighted by Gasteiger charge is -2.11. The number of amides is 1. The van der Waals surface area contributed by atoms with E-state index in [2.05, 4.69) is 15.5 Å². The zero-order valence-corrected chi connectivity index (χ0v) is 18.7. The monoisotopic (exact) mass is 448 g/mol. The average Bonchev–Trinajstić information content (AvgIpc) is 3.19. The Hall–Kier alpha value is -3.09. The van der Waals surface area contributed by atoms with Gasteiger partial charge in [-0.3, -0.25) is 9.36 Å². The number of benzene rings is 3. The summed E-state index contributed by atoms with van der Waals surface area (Å²) < 4.78 is 1.95. The predicted octanol–water partition coefficient (Wildman–Crippen LogP) is 5.94. The molecule has 1 amide bonds. The van der Waals surface area contributed by atoms with Crippen LogP contribution in [-0.2, 0) is 4.79 Å². The molecule has 0 saturated heterocycles. The number of anilines is 1. The number of carbonyl (C=O) groups is 1. The molecule has 4 aromatic rings. The maximum absolute atomic E-state index is 12.5. The molecule has 5 nitrogen and oxygen atoms in total. The van der Waals surface area contributed by atoms with Crippen LogP contribution >= 0.6 is 23.4 Å². The van der Waals surface area contributed by atoms with Crippen molar-refractivity contribution in [3.63, 3.8) is 0 Å². The molecular weight excluding hydrogens is 428 g/mol. The summed E-state index contributed by atoms with van der Waals surface area (Å²) in [4.78, 5) is 12.5. The maximum Gasteiger partial charge on any atom is 0.234 e. The van der Waals surface area contributed by atoms with Crippen LogP contribution < -0.4 is 5.32 Å². The van der Waals surface area contributed by atoms with E-state index >= 15 is 0 Å². The number of rotatable bonds is 6. The lowest BCUT2D eigenvalue weighted by atomic mass is 10.1. The molecular formula is C24H21ClN4OS. The SMILES string of the molecule is Cc1ccc(NC(=O)CSc2nnc(-c3ccc(C)cc3)n2-c2ccc(Cl)cc2)cc1. The summed E-state index contributed by atoms with van der Waals surface area (Å²) in [5, 5.41) is 13.0. The Balaban J connectivity index is 1.59. The van der Waals surface area contributed by atoms with Gasteiger partial charge in [0.1, 0.15) is 0 Å². The Kier molecular flexibility index (Phi) is 6.39. The summed E-state index contributed by atoms with van der Waals surface area (Å²) in [5.41, 5.74) is 4.92. The Morgan fingerprint density at radius 1 is 0.903 bits per heavy atom. The zero-order chi connectivity index (χ0) is 21.8. The number of aryl methyl sites for hydroxylation is 2. The van der Waals surface area contributed by atoms with Crippen molar-refractivity contribution < 1.29 is 4.79 Å². The van der Waals surface area contributed by atoms with Crippen molar-refractivity contribution >= 4 is 35.0 Å². The second-order valence-electron chi connectivity index (χ2n) is 7.19. The second-order valence-corrected chi connectivity index (χ2v) is 8.57. The highest BCUT2D eigenvalue weighted by molar-refractivity contribution is 7.99. The topological polar surface area (TPSA) is 59.8 Å². The van der Waals surface area contributed by atoms with Gasteiger partial charge in [-0.2, -0.15) is 0 Å². The van der Waals surface area contributed by atoms with Gasteiger partial charge < -0.3 is 5.32 Å². The van der Waals surface area contributed by atoms with Gasteiger partial charge in [-0.05, 0) is 50.2 Å². The predicted molar refractivity (Wildman–Crippen MR) is 127 cm³/mol.